The van der Waals surface area contributed by atoms with Crippen LogP contribution in [0.5, 0.6) is 0 Å². The fourth-order valence-corrected chi connectivity index (χ4v) is 4.62. The Balaban J connectivity index is 1.64. The lowest BCUT2D eigenvalue weighted by molar-refractivity contribution is 0.0701. The van der Waals surface area contributed by atoms with Crippen LogP contribution in [0.3, 0.4) is 0 Å². The van der Waals surface area contributed by atoms with E-state index in [2.05, 4.69) is 17.2 Å². The second-order valence-electron chi connectivity index (χ2n) is 8.61. The van der Waals surface area contributed by atoms with E-state index in [-0.39, 0.29) is 12.2 Å². The molecule has 0 bridgehead atoms. The average Bonchev–Trinajstić information content (AvgIpc) is 3.16. The van der Waals surface area contributed by atoms with Gasteiger partial charge in [0, 0.05) is 35.8 Å². The van der Waals surface area contributed by atoms with Crippen molar-refractivity contribution in [1.82, 2.24) is 20.3 Å². The maximum Gasteiger partial charge on any atom is 0.293 e. The van der Waals surface area contributed by atoms with E-state index in [1.807, 2.05) is 10.8 Å². The highest BCUT2D eigenvalue weighted by atomic mass is 19.1. The summed E-state index contributed by atoms with van der Waals surface area (Å²) in [4.78, 5) is 16.0. The quantitative estimate of drug-likeness (QED) is 0.371. The molecule has 8 heteroatoms. The van der Waals surface area contributed by atoms with Gasteiger partial charge in [-0.15, -0.1) is 0 Å². The summed E-state index contributed by atoms with van der Waals surface area (Å²) >= 11 is 0. The van der Waals surface area contributed by atoms with Crippen molar-refractivity contribution in [3.63, 3.8) is 0 Å². The number of hydroxylamine groups is 1. The van der Waals surface area contributed by atoms with Crippen LogP contribution in [0.2, 0.25) is 0 Å². The van der Waals surface area contributed by atoms with E-state index in [0.717, 1.165) is 22.5 Å². The summed E-state index contributed by atoms with van der Waals surface area (Å²) in [5.41, 5.74) is 3.73. The maximum atomic E-state index is 14.3. The SMILES string of the molecule is C[C@@H](NCc1cn(Cc2ccc(F)cc2F)c2cnc(C(=O)NO)cc12)C1CCCCC1. The van der Waals surface area contributed by atoms with Gasteiger partial charge in [0.1, 0.15) is 17.3 Å². The highest BCUT2D eigenvalue weighted by molar-refractivity contribution is 5.96. The van der Waals surface area contributed by atoms with Crippen molar-refractivity contribution in [3.05, 3.63) is 65.1 Å². The first kappa shape index (κ1) is 22.4. The van der Waals surface area contributed by atoms with Gasteiger partial charge in [0.25, 0.3) is 5.91 Å². The minimum absolute atomic E-state index is 0.0901. The third kappa shape index (κ3) is 4.81. The van der Waals surface area contributed by atoms with Gasteiger partial charge in [-0.2, -0.15) is 0 Å². The number of pyridine rings is 1. The molecule has 1 aliphatic carbocycles. The van der Waals surface area contributed by atoms with Crippen molar-refractivity contribution in [3.8, 4) is 0 Å². The Morgan fingerprint density at radius 3 is 2.72 bits per heavy atom. The number of nitrogens with zero attached hydrogens (tertiary/aromatic N) is 2. The third-order valence-corrected chi connectivity index (χ3v) is 6.51. The molecule has 1 saturated carbocycles. The topological polar surface area (TPSA) is 79.2 Å². The number of nitrogens with one attached hydrogen (secondary N) is 2. The molecule has 6 nitrogen and oxygen atoms in total. The molecule has 1 fully saturated rings. The first-order valence-corrected chi connectivity index (χ1v) is 11.1. The van der Waals surface area contributed by atoms with Crippen LogP contribution in [0.1, 0.15) is 60.6 Å². The Morgan fingerprint density at radius 1 is 1.22 bits per heavy atom. The summed E-state index contributed by atoms with van der Waals surface area (Å²) in [6.07, 6.45) is 9.75. The van der Waals surface area contributed by atoms with Crippen LogP contribution in [0.15, 0.2) is 36.7 Å². The van der Waals surface area contributed by atoms with Gasteiger partial charge in [-0.3, -0.25) is 10.0 Å². The van der Waals surface area contributed by atoms with E-state index < -0.39 is 17.5 Å². The van der Waals surface area contributed by atoms with E-state index in [1.54, 1.807) is 11.5 Å². The van der Waals surface area contributed by atoms with Gasteiger partial charge in [0.2, 0.25) is 0 Å². The molecular weight excluding hydrogens is 414 g/mol. The second kappa shape index (κ2) is 9.75. The molecule has 1 atom stereocenters. The minimum Gasteiger partial charge on any atom is -0.341 e. The predicted molar refractivity (Wildman–Crippen MR) is 117 cm³/mol. The molecule has 4 rings (SSSR count). The molecule has 32 heavy (non-hydrogen) atoms. The zero-order chi connectivity index (χ0) is 22.7. The number of rotatable bonds is 7. The molecule has 1 aromatic carbocycles. The number of carbonyl (C=O) groups is 1. The minimum atomic E-state index is -0.696. The second-order valence-corrected chi connectivity index (χ2v) is 8.61. The zero-order valence-corrected chi connectivity index (χ0v) is 18.1. The Morgan fingerprint density at radius 2 is 2.00 bits per heavy atom. The third-order valence-electron chi connectivity index (χ3n) is 6.51. The van der Waals surface area contributed by atoms with Crippen molar-refractivity contribution in [1.29, 1.82) is 0 Å². The van der Waals surface area contributed by atoms with Crippen molar-refractivity contribution in [2.45, 2.75) is 58.2 Å². The fraction of sp³-hybridized carbons (Fsp3) is 0.417. The molecule has 0 unspecified atom stereocenters. The molecule has 2 aromatic heterocycles. The lowest BCUT2D eigenvalue weighted by Crippen LogP contribution is -2.34. The number of benzene rings is 1. The maximum absolute atomic E-state index is 14.3. The van der Waals surface area contributed by atoms with E-state index in [9.17, 15) is 13.6 Å². The van der Waals surface area contributed by atoms with Crippen LogP contribution in [-0.4, -0.2) is 26.7 Å². The van der Waals surface area contributed by atoms with E-state index in [4.69, 9.17) is 5.21 Å². The number of fused-ring (bicyclic) bond motifs is 1. The van der Waals surface area contributed by atoms with Crippen molar-refractivity contribution in [2.75, 3.05) is 0 Å². The summed E-state index contributed by atoms with van der Waals surface area (Å²) in [5.74, 6) is -1.28. The van der Waals surface area contributed by atoms with E-state index in [0.29, 0.717) is 24.1 Å². The number of aromatic nitrogens is 2. The average molecular weight is 443 g/mol. The molecule has 0 aliphatic heterocycles. The molecule has 170 valence electrons. The Labute approximate surface area is 185 Å². The predicted octanol–water partition coefficient (Wildman–Crippen LogP) is 4.54. The molecule has 1 aliphatic rings. The van der Waals surface area contributed by atoms with Crippen LogP contribution in [-0.2, 0) is 13.1 Å². The summed E-state index contributed by atoms with van der Waals surface area (Å²) < 4.78 is 29.4. The van der Waals surface area contributed by atoms with Gasteiger partial charge >= 0.3 is 0 Å². The highest BCUT2D eigenvalue weighted by Gasteiger charge is 2.21. The standard InChI is InChI=1S/C24H28F2N4O2/c1-15(16-5-3-2-4-6-16)27-11-18-14-30(13-17-7-8-19(25)9-21(17)26)23-12-28-22(10-20(18)23)24(31)29-32/h7-10,12,14-16,27,32H,2-6,11,13H2,1H3,(H,29,31)/t15-/m1/s1. The fourth-order valence-electron chi connectivity index (χ4n) is 4.62. The molecule has 0 spiro atoms. The van der Waals surface area contributed by atoms with Crippen molar-refractivity contribution >= 4 is 16.8 Å². The Kier molecular flexibility index (Phi) is 6.81. The molecule has 0 radical (unpaired) electrons. The van der Waals surface area contributed by atoms with Crippen LogP contribution < -0.4 is 10.8 Å². The van der Waals surface area contributed by atoms with Gasteiger partial charge in [-0.05, 0) is 43.4 Å². The Hall–Kier alpha value is -2.84. The summed E-state index contributed by atoms with van der Waals surface area (Å²) in [6.45, 7) is 2.99. The van der Waals surface area contributed by atoms with Gasteiger partial charge < -0.3 is 9.88 Å². The first-order valence-electron chi connectivity index (χ1n) is 11.1. The van der Waals surface area contributed by atoms with Crippen LogP contribution in [0.4, 0.5) is 8.78 Å². The van der Waals surface area contributed by atoms with Gasteiger partial charge in [0.05, 0.1) is 18.3 Å². The normalized spacial score (nSPS) is 15.8. The first-order chi connectivity index (χ1) is 15.5. The van der Waals surface area contributed by atoms with Crippen molar-refractivity contribution in [2.24, 2.45) is 5.92 Å². The zero-order valence-electron chi connectivity index (χ0n) is 18.1. The monoisotopic (exact) mass is 442 g/mol. The van der Waals surface area contributed by atoms with Crippen LogP contribution >= 0.6 is 0 Å². The molecule has 0 saturated heterocycles. The summed E-state index contributed by atoms with van der Waals surface area (Å²) in [6, 6.07) is 5.52. The Bertz CT molecular complexity index is 1110. The lowest BCUT2D eigenvalue weighted by atomic mass is 9.84. The molecular formula is C24H28F2N4O2. The van der Waals surface area contributed by atoms with E-state index >= 15 is 0 Å². The number of amides is 1. The number of halogens is 2. The smallest absolute Gasteiger partial charge is 0.293 e. The van der Waals surface area contributed by atoms with Crippen LogP contribution in [0.25, 0.3) is 10.9 Å². The molecule has 1 amide bonds. The molecule has 2 heterocycles. The van der Waals surface area contributed by atoms with Gasteiger partial charge in [-0.1, -0.05) is 25.3 Å². The largest absolute Gasteiger partial charge is 0.341 e. The van der Waals surface area contributed by atoms with Gasteiger partial charge in [0.15, 0.2) is 0 Å². The van der Waals surface area contributed by atoms with Crippen LogP contribution in [0, 0.1) is 17.6 Å². The number of hydrogen-bond acceptors (Lipinski definition) is 4. The van der Waals surface area contributed by atoms with E-state index in [1.165, 1.54) is 50.4 Å². The molecule has 3 aromatic rings. The summed E-state index contributed by atoms with van der Waals surface area (Å²) in [7, 11) is 0. The summed E-state index contributed by atoms with van der Waals surface area (Å²) in [5, 5.41) is 13.4. The van der Waals surface area contributed by atoms with Crippen molar-refractivity contribution < 1.29 is 18.8 Å². The van der Waals surface area contributed by atoms with Gasteiger partial charge in [-0.25, -0.2) is 19.2 Å². The highest BCUT2D eigenvalue weighted by Crippen LogP contribution is 2.28. The lowest BCUT2D eigenvalue weighted by Gasteiger charge is -2.28. The molecule has 3 N–H and O–H groups in total. The number of carbonyl (C=O) groups excluding carboxylic acids is 1. The number of hydrogen-bond donors (Lipinski definition) is 3.